The summed E-state index contributed by atoms with van der Waals surface area (Å²) in [5.74, 6) is -1.58. The third-order valence-corrected chi connectivity index (χ3v) is 4.65. The predicted octanol–water partition coefficient (Wildman–Crippen LogP) is 4.00. The van der Waals surface area contributed by atoms with Crippen molar-refractivity contribution in [1.29, 1.82) is 0 Å². The van der Waals surface area contributed by atoms with Crippen molar-refractivity contribution in [2.45, 2.75) is 19.2 Å². The van der Waals surface area contributed by atoms with Gasteiger partial charge in [0.1, 0.15) is 18.2 Å². The van der Waals surface area contributed by atoms with Crippen LogP contribution in [-0.4, -0.2) is 20.9 Å². The van der Waals surface area contributed by atoms with Crippen LogP contribution in [0.5, 0.6) is 5.75 Å². The molecular formula is C16H12F4N2O3S. The highest BCUT2D eigenvalue weighted by atomic mass is 32.1. The third kappa shape index (κ3) is 3.64. The van der Waals surface area contributed by atoms with Gasteiger partial charge in [0.25, 0.3) is 0 Å². The Morgan fingerprint density at radius 1 is 1.35 bits per heavy atom. The van der Waals surface area contributed by atoms with Gasteiger partial charge in [-0.25, -0.2) is 4.39 Å². The Labute approximate surface area is 148 Å². The molecule has 0 saturated heterocycles. The zero-order chi connectivity index (χ0) is 19.1. The Kier molecular flexibility index (Phi) is 4.61. The average Bonchev–Trinajstić information content (AvgIpc) is 3.08. The Balaban J connectivity index is 1.82. The van der Waals surface area contributed by atoms with Crippen LogP contribution in [0.4, 0.5) is 17.6 Å². The van der Waals surface area contributed by atoms with Crippen LogP contribution in [0, 0.1) is 5.82 Å². The molecule has 2 aromatic heterocycles. The number of halogens is 4. The number of rotatable bonds is 5. The van der Waals surface area contributed by atoms with Crippen LogP contribution in [0.3, 0.4) is 0 Å². The summed E-state index contributed by atoms with van der Waals surface area (Å²) in [6, 6.07) is 3.47. The second-order valence-electron chi connectivity index (χ2n) is 5.54. The zero-order valence-electron chi connectivity index (χ0n) is 13.3. The van der Waals surface area contributed by atoms with E-state index in [1.807, 2.05) is 0 Å². The quantitative estimate of drug-likeness (QED) is 0.671. The van der Waals surface area contributed by atoms with Gasteiger partial charge in [-0.05, 0) is 23.1 Å². The molecular weight excluding hydrogens is 376 g/mol. The molecule has 5 nitrogen and oxygen atoms in total. The lowest BCUT2D eigenvalue weighted by Gasteiger charge is -2.07. The van der Waals surface area contributed by atoms with E-state index in [-0.39, 0.29) is 29.9 Å². The van der Waals surface area contributed by atoms with Crippen molar-refractivity contribution in [3.8, 4) is 5.75 Å². The fourth-order valence-electron chi connectivity index (χ4n) is 2.47. The van der Waals surface area contributed by atoms with Crippen LogP contribution >= 0.6 is 11.3 Å². The molecule has 0 aliphatic carbocycles. The highest BCUT2D eigenvalue weighted by Gasteiger charge is 2.34. The number of carboxylic acids is 1. The monoisotopic (exact) mass is 388 g/mol. The van der Waals surface area contributed by atoms with Crippen LogP contribution in [0.25, 0.3) is 10.1 Å². The average molecular weight is 388 g/mol. The van der Waals surface area contributed by atoms with Crippen LogP contribution in [-0.2, 0) is 31.0 Å². The first kappa shape index (κ1) is 18.2. The Morgan fingerprint density at radius 3 is 2.69 bits per heavy atom. The summed E-state index contributed by atoms with van der Waals surface area (Å²) in [6.45, 7) is -0.224. The van der Waals surface area contributed by atoms with Gasteiger partial charge in [0.2, 0.25) is 0 Å². The second kappa shape index (κ2) is 6.60. The molecule has 0 aliphatic rings. The number of aromatic nitrogens is 2. The summed E-state index contributed by atoms with van der Waals surface area (Å²) in [5.41, 5.74) is -0.490. The van der Waals surface area contributed by atoms with E-state index in [4.69, 9.17) is 9.84 Å². The van der Waals surface area contributed by atoms with Gasteiger partial charge < -0.3 is 9.84 Å². The smallest absolute Gasteiger partial charge is 0.435 e. The highest BCUT2D eigenvalue weighted by molar-refractivity contribution is 7.17. The van der Waals surface area contributed by atoms with Crippen molar-refractivity contribution in [3.63, 3.8) is 0 Å². The summed E-state index contributed by atoms with van der Waals surface area (Å²) in [5, 5.41) is 14.0. The molecule has 0 bridgehead atoms. The highest BCUT2D eigenvalue weighted by Crippen LogP contribution is 2.33. The lowest BCUT2D eigenvalue weighted by atomic mass is 10.1. The molecule has 0 aliphatic heterocycles. The predicted molar refractivity (Wildman–Crippen MR) is 85.7 cm³/mol. The molecule has 0 unspecified atom stereocenters. The normalized spacial score (nSPS) is 11.9. The SMILES string of the molecule is Cn1nc(C(F)(F)F)cc1COc1cc(F)c2c(CC(=O)O)csc2c1. The van der Waals surface area contributed by atoms with E-state index in [1.165, 1.54) is 24.5 Å². The first-order valence-electron chi connectivity index (χ1n) is 7.29. The lowest BCUT2D eigenvalue weighted by molar-refractivity contribution is -0.141. The maximum absolute atomic E-state index is 14.3. The fourth-order valence-corrected chi connectivity index (χ4v) is 3.47. The zero-order valence-corrected chi connectivity index (χ0v) is 14.1. The van der Waals surface area contributed by atoms with Crippen LogP contribution < -0.4 is 4.74 Å². The van der Waals surface area contributed by atoms with E-state index in [9.17, 15) is 22.4 Å². The van der Waals surface area contributed by atoms with Crippen LogP contribution in [0.2, 0.25) is 0 Å². The Morgan fingerprint density at radius 2 is 2.08 bits per heavy atom. The summed E-state index contributed by atoms with van der Waals surface area (Å²) < 4.78 is 59.2. The number of nitrogens with zero attached hydrogens (tertiary/aromatic N) is 2. The molecule has 0 atom stereocenters. The number of aliphatic carboxylic acids is 1. The summed E-state index contributed by atoms with van der Waals surface area (Å²) in [6.07, 6.45) is -4.86. The molecule has 0 spiro atoms. The van der Waals surface area contributed by atoms with Gasteiger partial charge in [0, 0.05) is 23.2 Å². The molecule has 0 radical (unpaired) electrons. The first-order valence-corrected chi connectivity index (χ1v) is 8.17. The first-order chi connectivity index (χ1) is 12.1. The molecule has 1 N–H and O–H groups in total. The van der Waals surface area contributed by atoms with E-state index in [1.54, 1.807) is 5.38 Å². The second-order valence-corrected chi connectivity index (χ2v) is 6.45. The van der Waals surface area contributed by atoms with Gasteiger partial charge in [-0.15, -0.1) is 11.3 Å². The largest absolute Gasteiger partial charge is 0.487 e. The van der Waals surface area contributed by atoms with Crippen LogP contribution in [0.1, 0.15) is 17.0 Å². The molecule has 26 heavy (non-hydrogen) atoms. The van der Waals surface area contributed by atoms with E-state index in [0.717, 1.165) is 16.8 Å². The minimum absolute atomic E-state index is 0.133. The van der Waals surface area contributed by atoms with Gasteiger partial charge in [-0.2, -0.15) is 18.3 Å². The minimum Gasteiger partial charge on any atom is -0.487 e. The number of carboxylic acid groups (broad SMARTS) is 1. The van der Waals surface area contributed by atoms with Crippen molar-refractivity contribution >= 4 is 27.4 Å². The molecule has 1 aromatic carbocycles. The Hall–Kier alpha value is -2.62. The third-order valence-electron chi connectivity index (χ3n) is 3.67. The molecule has 0 amide bonds. The number of ether oxygens (including phenoxy) is 1. The van der Waals surface area contributed by atoms with E-state index in [0.29, 0.717) is 10.3 Å². The van der Waals surface area contributed by atoms with Crippen molar-refractivity contribution in [1.82, 2.24) is 9.78 Å². The van der Waals surface area contributed by atoms with Gasteiger partial charge >= 0.3 is 12.1 Å². The standard InChI is InChI=1S/C16H12F4N2O3S/c1-22-9(3-13(21-22)16(18,19)20)6-25-10-4-11(17)15-8(2-14(23)24)7-26-12(15)5-10/h3-5,7H,2,6H2,1H3,(H,23,24). The van der Waals surface area contributed by atoms with Crippen LogP contribution in [0.15, 0.2) is 23.6 Å². The summed E-state index contributed by atoms with van der Waals surface area (Å²) >= 11 is 1.17. The molecule has 3 rings (SSSR count). The molecule has 2 heterocycles. The number of hydrogen-bond donors (Lipinski definition) is 1. The van der Waals surface area contributed by atoms with E-state index in [2.05, 4.69) is 5.10 Å². The molecule has 3 aromatic rings. The topological polar surface area (TPSA) is 64.4 Å². The number of alkyl halides is 3. The number of carbonyl (C=O) groups is 1. The lowest BCUT2D eigenvalue weighted by Crippen LogP contribution is -2.06. The number of benzene rings is 1. The van der Waals surface area contributed by atoms with Crippen molar-refractivity contribution in [3.05, 3.63) is 46.3 Å². The van der Waals surface area contributed by atoms with E-state index < -0.39 is 23.7 Å². The van der Waals surface area contributed by atoms with Crippen molar-refractivity contribution in [2.24, 2.45) is 7.05 Å². The summed E-state index contributed by atoms with van der Waals surface area (Å²) in [7, 11) is 1.36. The molecule has 138 valence electrons. The van der Waals surface area contributed by atoms with Crippen molar-refractivity contribution < 1.29 is 32.2 Å². The number of fused-ring (bicyclic) bond motifs is 1. The maximum Gasteiger partial charge on any atom is 0.435 e. The fraction of sp³-hybridized carbons (Fsp3) is 0.250. The van der Waals surface area contributed by atoms with Crippen molar-refractivity contribution in [2.75, 3.05) is 0 Å². The van der Waals surface area contributed by atoms with Gasteiger partial charge in [0.15, 0.2) is 5.69 Å². The number of aryl methyl sites for hydroxylation is 1. The maximum atomic E-state index is 14.3. The van der Waals surface area contributed by atoms with Gasteiger partial charge in [-0.1, -0.05) is 0 Å². The molecule has 0 saturated carbocycles. The number of thiophene rings is 1. The number of hydrogen-bond acceptors (Lipinski definition) is 4. The Bertz CT molecular complexity index is 978. The minimum atomic E-state index is -4.56. The van der Waals surface area contributed by atoms with E-state index >= 15 is 0 Å². The molecule has 0 fully saturated rings. The van der Waals surface area contributed by atoms with Gasteiger partial charge in [-0.3, -0.25) is 9.48 Å². The molecule has 10 heteroatoms. The van der Waals surface area contributed by atoms with Gasteiger partial charge in [0.05, 0.1) is 12.1 Å². The summed E-state index contributed by atoms with van der Waals surface area (Å²) in [4.78, 5) is 10.8.